The first-order valence-corrected chi connectivity index (χ1v) is 2.81. The van der Waals surface area contributed by atoms with Crippen molar-refractivity contribution in [3.05, 3.63) is 6.92 Å². The summed E-state index contributed by atoms with van der Waals surface area (Å²) in [6, 6.07) is 0. The highest BCUT2D eigenvalue weighted by Crippen LogP contribution is 1.80. The van der Waals surface area contributed by atoms with Crippen molar-refractivity contribution in [2.45, 2.75) is 19.8 Å². The summed E-state index contributed by atoms with van der Waals surface area (Å²) in [7, 11) is 0. The van der Waals surface area contributed by atoms with Crippen LogP contribution < -0.4 is 5.32 Å². The fourth-order valence-corrected chi connectivity index (χ4v) is 0.389. The average molecular weight is 114 g/mol. The summed E-state index contributed by atoms with van der Waals surface area (Å²) >= 11 is 0. The maximum Gasteiger partial charge on any atom is 0.216 e. The Morgan fingerprint density at radius 1 is 1.75 bits per heavy atom. The van der Waals surface area contributed by atoms with Crippen LogP contribution in [0.5, 0.6) is 0 Å². The fourth-order valence-electron chi connectivity index (χ4n) is 0.389. The minimum Gasteiger partial charge on any atom is -0.356 e. The third-order valence-electron chi connectivity index (χ3n) is 0.801. The molecule has 0 saturated heterocycles. The first-order valence-electron chi connectivity index (χ1n) is 2.81. The van der Waals surface area contributed by atoms with Gasteiger partial charge in [-0.1, -0.05) is 6.42 Å². The van der Waals surface area contributed by atoms with Gasteiger partial charge in [-0.3, -0.25) is 4.79 Å². The van der Waals surface area contributed by atoms with E-state index in [4.69, 9.17) is 0 Å². The van der Waals surface area contributed by atoms with Crippen LogP contribution in [0.4, 0.5) is 0 Å². The van der Waals surface area contributed by atoms with E-state index in [0.29, 0.717) is 0 Å². The summed E-state index contributed by atoms with van der Waals surface area (Å²) in [6.45, 7) is 5.91. The Labute approximate surface area is 50.3 Å². The van der Waals surface area contributed by atoms with Gasteiger partial charge >= 0.3 is 0 Å². The number of nitrogens with one attached hydrogen (secondary N) is 1. The quantitative estimate of drug-likeness (QED) is 0.425. The summed E-state index contributed by atoms with van der Waals surface area (Å²) in [5, 5.41) is 2.67. The Morgan fingerprint density at radius 2 is 2.38 bits per heavy atom. The van der Waals surface area contributed by atoms with Gasteiger partial charge in [0, 0.05) is 13.5 Å². The van der Waals surface area contributed by atoms with Gasteiger partial charge in [-0.2, -0.15) is 6.42 Å². The Morgan fingerprint density at radius 3 is 2.75 bits per heavy atom. The molecule has 48 valence electrons. The highest BCUT2D eigenvalue weighted by molar-refractivity contribution is 5.72. The van der Waals surface area contributed by atoms with Gasteiger partial charge in [0.25, 0.3) is 0 Å². The molecule has 0 unspecified atom stereocenters. The first-order chi connectivity index (χ1) is 3.77. The largest absolute Gasteiger partial charge is 0.356 e. The summed E-state index contributed by atoms with van der Waals surface area (Å²) < 4.78 is 0. The number of carbonyl (C=O) groups excluding carboxylic acids is 1. The number of rotatable bonds is 3. The van der Waals surface area contributed by atoms with Gasteiger partial charge in [0.15, 0.2) is 0 Å². The Hall–Kier alpha value is -0.530. The number of hydrogen-bond donors (Lipinski definition) is 1. The summed E-state index contributed by atoms with van der Waals surface area (Å²) in [4.78, 5) is 10.2. The van der Waals surface area contributed by atoms with Crippen LogP contribution in [-0.2, 0) is 4.79 Å². The molecule has 0 radical (unpaired) electrons. The van der Waals surface area contributed by atoms with Crippen LogP contribution in [0.3, 0.4) is 0 Å². The second kappa shape index (κ2) is 4.62. The molecule has 0 aromatic carbocycles. The maximum atomic E-state index is 10.2. The molecule has 1 amide bonds. The molecular weight excluding hydrogens is 102 g/mol. The lowest BCUT2D eigenvalue weighted by Crippen LogP contribution is -2.20. The standard InChI is InChI=1S/C6H12NO/c1-3-4-5-7-6(2)8/h1,3-5H2,2H3,(H,7,8)/q-1. The molecule has 0 aromatic rings. The van der Waals surface area contributed by atoms with Crippen LogP contribution in [-0.4, -0.2) is 12.5 Å². The van der Waals surface area contributed by atoms with Crippen molar-refractivity contribution in [3.63, 3.8) is 0 Å². The molecule has 0 aliphatic rings. The average Bonchev–Trinajstić information content (AvgIpc) is 1.66. The molecule has 0 aliphatic heterocycles. The van der Waals surface area contributed by atoms with Crippen LogP contribution in [0.2, 0.25) is 0 Å². The zero-order chi connectivity index (χ0) is 6.41. The van der Waals surface area contributed by atoms with E-state index in [1.165, 1.54) is 6.92 Å². The minimum atomic E-state index is 0.0402. The van der Waals surface area contributed by atoms with E-state index in [9.17, 15) is 4.79 Å². The molecule has 0 spiro atoms. The molecule has 0 rings (SSSR count). The van der Waals surface area contributed by atoms with Gasteiger partial charge in [0.1, 0.15) is 0 Å². The Balaban J connectivity index is 2.82. The van der Waals surface area contributed by atoms with E-state index >= 15 is 0 Å². The molecule has 2 nitrogen and oxygen atoms in total. The van der Waals surface area contributed by atoms with Crippen molar-refractivity contribution in [1.29, 1.82) is 0 Å². The number of unbranched alkanes of at least 4 members (excludes halogenated alkanes) is 1. The van der Waals surface area contributed by atoms with Gasteiger partial charge in [-0.15, -0.1) is 0 Å². The van der Waals surface area contributed by atoms with Crippen molar-refractivity contribution in [1.82, 2.24) is 5.32 Å². The van der Waals surface area contributed by atoms with E-state index in [0.717, 1.165) is 19.4 Å². The third kappa shape index (κ3) is 5.47. The van der Waals surface area contributed by atoms with E-state index < -0.39 is 0 Å². The second-order valence-electron chi connectivity index (χ2n) is 1.69. The molecule has 1 N–H and O–H groups in total. The van der Waals surface area contributed by atoms with Gasteiger partial charge in [0.05, 0.1) is 0 Å². The number of hydrogen-bond acceptors (Lipinski definition) is 1. The predicted octanol–water partition coefficient (Wildman–Crippen LogP) is 0.737. The summed E-state index contributed by atoms with van der Waals surface area (Å²) in [5.74, 6) is 0.0402. The van der Waals surface area contributed by atoms with Crippen molar-refractivity contribution < 1.29 is 4.79 Å². The molecule has 0 aliphatic carbocycles. The molecule has 2 heteroatoms. The SMILES string of the molecule is [CH2-]CCCNC(C)=O. The van der Waals surface area contributed by atoms with Crippen LogP contribution in [0.1, 0.15) is 19.8 Å². The van der Waals surface area contributed by atoms with Crippen molar-refractivity contribution in [2.75, 3.05) is 6.54 Å². The second-order valence-corrected chi connectivity index (χ2v) is 1.69. The fraction of sp³-hybridized carbons (Fsp3) is 0.667. The highest BCUT2D eigenvalue weighted by Gasteiger charge is 1.84. The van der Waals surface area contributed by atoms with Gasteiger partial charge in [0.2, 0.25) is 5.91 Å². The van der Waals surface area contributed by atoms with Gasteiger partial charge < -0.3 is 12.2 Å². The predicted molar refractivity (Wildman–Crippen MR) is 33.3 cm³/mol. The summed E-state index contributed by atoms with van der Waals surface area (Å²) in [5.41, 5.74) is 0. The Bertz CT molecular complexity index is 70.9. The van der Waals surface area contributed by atoms with E-state index in [2.05, 4.69) is 12.2 Å². The molecule has 0 saturated carbocycles. The van der Waals surface area contributed by atoms with E-state index in [1.807, 2.05) is 0 Å². The van der Waals surface area contributed by atoms with Crippen LogP contribution in [0.15, 0.2) is 0 Å². The normalized spacial score (nSPS) is 8.75. The van der Waals surface area contributed by atoms with Gasteiger partial charge in [-0.05, 0) is 0 Å². The molecular formula is C6H12NO-. The van der Waals surface area contributed by atoms with Crippen LogP contribution in [0.25, 0.3) is 0 Å². The van der Waals surface area contributed by atoms with E-state index in [1.54, 1.807) is 0 Å². The first kappa shape index (κ1) is 7.47. The molecule has 0 atom stereocenters. The minimum absolute atomic E-state index is 0.0402. The topological polar surface area (TPSA) is 29.1 Å². The van der Waals surface area contributed by atoms with Crippen molar-refractivity contribution in [3.8, 4) is 0 Å². The van der Waals surface area contributed by atoms with Crippen molar-refractivity contribution >= 4 is 5.91 Å². The molecule has 0 aromatic heterocycles. The lowest BCUT2D eigenvalue weighted by molar-refractivity contribution is -0.118. The highest BCUT2D eigenvalue weighted by atomic mass is 16.1. The van der Waals surface area contributed by atoms with E-state index in [-0.39, 0.29) is 5.91 Å². The van der Waals surface area contributed by atoms with Crippen molar-refractivity contribution in [2.24, 2.45) is 0 Å². The zero-order valence-electron chi connectivity index (χ0n) is 5.24. The monoisotopic (exact) mass is 114 g/mol. The van der Waals surface area contributed by atoms with Crippen LogP contribution >= 0.6 is 0 Å². The number of carbonyl (C=O) groups is 1. The number of amides is 1. The lowest BCUT2D eigenvalue weighted by atomic mass is 10.3. The zero-order valence-corrected chi connectivity index (χ0v) is 5.24. The molecule has 0 bridgehead atoms. The third-order valence-corrected chi connectivity index (χ3v) is 0.801. The summed E-state index contributed by atoms with van der Waals surface area (Å²) in [6.07, 6.45) is 1.86. The molecule has 0 heterocycles. The van der Waals surface area contributed by atoms with Gasteiger partial charge in [-0.25, -0.2) is 0 Å². The lowest BCUT2D eigenvalue weighted by Gasteiger charge is -1.99. The maximum absolute atomic E-state index is 10.2. The van der Waals surface area contributed by atoms with Crippen LogP contribution in [0, 0.1) is 6.92 Å². The smallest absolute Gasteiger partial charge is 0.216 e. The molecule has 8 heavy (non-hydrogen) atoms. The Kier molecular flexibility index (Phi) is 4.32. The molecule has 0 fully saturated rings.